The number of para-hydroxylation sites is 1. The Kier molecular flexibility index (Phi) is 5.42. The van der Waals surface area contributed by atoms with Crippen molar-refractivity contribution in [3.8, 4) is 0 Å². The zero-order valence-corrected chi connectivity index (χ0v) is 17.1. The van der Waals surface area contributed by atoms with Gasteiger partial charge in [-0.25, -0.2) is 0 Å². The van der Waals surface area contributed by atoms with Crippen molar-refractivity contribution in [1.29, 1.82) is 0 Å². The number of H-pyrrole nitrogens is 1. The van der Waals surface area contributed by atoms with Crippen LogP contribution in [0.15, 0.2) is 66.4 Å². The maximum atomic E-state index is 13.0. The predicted octanol–water partition coefficient (Wildman–Crippen LogP) is 3.54. The standard InChI is InChI=1S/C24H25N3O3/c1-26(2)13-8-14-27-21(16-9-4-3-5-10-16)20(23(29)24(27)30)22(28)18-15-25-19-12-7-6-11-17(18)19/h3-7,9-12,15,21,25,28H,8,13-14H2,1-2H3/t21-/m0/s1. The number of hydrogen-bond acceptors (Lipinski definition) is 4. The lowest BCUT2D eigenvalue weighted by Crippen LogP contribution is -2.32. The van der Waals surface area contributed by atoms with Crippen LogP contribution in [0.3, 0.4) is 0 Å². The summed E-state index contributed by atoms with van der Waals surface area (Å²) in [4.78, 5) is 32.7. The average Bonchev–Trinajstić information content (AvgIpc) is 3.28. The SMILES string of the molecule is CN(C)CCCN1C(=O)C(=O)C(=C(O)c2c[nH]c3ccccc23)[C@@H]1c1ccccc1. The Labute approximate surface area is 175 Å². The zero-order chi connectivity index (χ0) is 21.3. The highest BCUT2D eigenvalue weighted by Crippen LogP contribution is 2.40. The second kappa shape index (κ2) is 8.16. The third-order valence-electron chi connectivity index (χ3n) is 5.50. The number of rotatable bonds is 6. The lowest BCUT2D eigenvalue weighted by Gasteiger charge is -2.25. The normalized spacial score (nSPS) is 18.6. The molecule has 6 heteroatoms. The minimum absolute atomic E-state index is 0.140. The number of carbonyl (C=O) groups is 2. The molecule has 6 nitrogen and oxygen atoms in total. The zero-order valence-electron chi connectivity index (χ0n) is 17.1. The fourth-order valence-electron chi connectivity index (χ4n) is 4.06. The van der Waals surface area contributed by atoms with Crippen LogP contribution in [0, 0.1) is 0 Å². The molecule has 1 aliphatic heterocycles. The number of Topliss-reactive ketones (excluding diaryl/α,β-unsaturated/α-hetero) is 1. The van der Waals surface area contributed by atoms with Gasteiger partial charge in [0.05, 0.1) is 11.6 Å². The molecule has 2 aromatic carbocycles. The van der Waals surface area contributed by atoms with Crippen LogP contribution in [-0.2, 0) is 9.59 Å². The molecular formula is C24H25N3O3. The van der Waals surface area contributed by atoms with Gasteiger partial charge in [-0.3, -0.25) is 9.59 Å². The highest BCUT2D eigenvalue weighted by atomic mass is 16.3. The third kappa shape index (κ3) is 3.50. The molecule has 0 radical (unpaired) electrons. The van der Waals surface area contributed by atoms with Gasteiger partial charge in [0.25, 0.3) is 11.7 Å². The molecule has 0 saturated carbocycles. The van der Waals surface area contributed by atoms with E-state index in [2.05, 4.69) is 4.98 Å². The van der Waals surface area contributed by atoms with Crippen molar-refractivity contribution in [3.63, 3.8) is 0 Å². The Hall–Kier alpha value is -3.38. The number of aromatic nitrogens is 1. The molecule has 0 bridgehead atoms. The second-order valence-electron chi connectivity index (χ2n) is 7.81. The Bertz CT molecular complexity index is 1110. The topological polar surface area (TPSA) is 76.6 Å². The van der Waals surface area contributed by atoms with Crippen molar-refractivity contribution in [3.05, 3.63) is 77.5 Å². The van der Waals surface area contributed by atoms with Gasteiger partial charge >= 0.3 is 0 Å². The Balaban J connectivity index is 1.83. The summed E-state index contributed by atoms with van der Waals surface area (Å²) < 4.78 is 0. The number of hydrogen-bond donors (Lipinski definition) is 2. The molecule has 1 aliphatic rings. The number of nitrogens with one attached hydrogen (secondary N) is 1. The minimum Gasteiger partial charge on any atom is -0.507 e. The van der Waals surface area contributed by atoms with E-state index in [-0.39, 0.29) is 11.3 Å². The smallest absolute Gasteiger partial charge is 0.295 e. The molecule has 1 aromatic heterocycles. The molecule has 0 unspecified atom stereocenters. The number of fused-ring (bicyclic) bond motifs is 1. The lowest BCUT2D eigenvalue weighted by molar-refractivity contribution is -0.139. The highest BCUT2D eigenvalue weighted by molar-refractivity contribution is 6.46. The number of aromatic amines is 1. The van der Waals surface area contributed by atoms with E-state index in [1.807, 2.05) is 73.6 Å². The van der Waals surface area contributed by atoms with E-state index in [4.69, 9.17) is 0 Å². The number of benzene rings is 2. The number of ketones is 1. The molecule has 2 heterocycles. The Morgan fingerprint density at radius 3 is 2.50 bits per heavy atom. The van der Waals surface area contributed by atoms with Crippen molar-refractivity contribution in [2.75, 3.05) is 27.2 Å². The van der Waals surface area contributed by atoms with Crippen LogP contribution >= 0.6 is 0 Å². The average molecular weight is 403 g/mol. The van der Waals surface area contributed by atoms with Gasteiger partial charge in [0, 0.05) is 29.2 Å². The van der Waals surface area contributed by atoms with Crippen molar-refractivity contribution < 1.29 is 14.7 Å². The van der Waals surface area contributed by atoms with Gasteiger partial charge in [0.15, 0.2) is 0 Å². The summed E-state index contributed by atoms with van der Waals surface area (Å²) >= 11 is 0. The van der Waals surface area contributed by atoms with Crippen LogP contribution in [0.2, 0.25) is 0 Å². The molecule has 154 valence electrons. The third-order valence-corrected chi connectivity index (χ3v) is 5.50. The van der Waals surface area contributed by atoms with Crippen LogP contribution in [0.25, 0.3) is 16.7 Å². The van der Waals surface area contributed by atoms with E-state index in [9.17, 15) is 14.7 Å². The van der Waals surface area contributed by atoms with Gasteiger partial charge in [-0.1, -0.05) is 48.5 Å². The lowest BCUT2D eigenvalue weighted by atomic mass is 9.95. The molecular weight excluding hydrogens is 378 g/mol. The molecule has 1 atom stereocenters. The summed E-state index contributed by atoms with van der Waals surface area (Å²) in [6.45, 7) is 1.24. The molecule has 1 fully saturated rings. The summed E-state index contributed by atoms with van der Waals surface area (Å²) in [5, 5.41) is 12.0. The second-order valence-corrected chi connectivity index (χ2v) is 7.81. The van der Waals surface area contributed by atoms with E-state index in [1.165, 1.54) is 0 Å². The number of carbonyl (C=O) groups excluding carboxylic acids is 2. The summed E-state index contributed by atoms with van der Waals surface area (Å²) in [6, 6.07) is 16.4. The molecule has 3 aromatic rings. The molecule has 1 saturated heterocycles. The van der Waals surface area contributed by atoms with Crippen molar-refractivity contribution in [1.82, 2.24) is 14.8 Å². The van der Waals surface area contributed by atoms with Crippen LogP contribution < -0.4 is 0 Å². The maximum absolute atomic E-state index is 13.0. The van der Waals surface area contributed by atoms with Gasteiger partial charge in [-0.2, -0.15) is 0 Å². The largest absolute Gasteiger partial charge is 0.507 e. The van der Waals surface area contributed by atoms with Gasteiger partial charge in [0.1, 0.15) is 5.76 Å². The fraction of sp³-hybridized carbons (Fsp3) is 0.250. The van der Waals surface area contributed by atoms with Crippen molar-refractivity contribution in [2.45, 2.75) is 12.5 Å². The van der Waals surface area contributed by atoms with Crippen LogP contribution in [0.1, 0.15) is 23.6 Å². The van der Waals surface area contributed by atoms with Crippen LogP contribution in [0.5, 0.6) is 0 Å². The van der Waals surface area contributed by atoms with Gasteiger partial charge in [-0.15, -0.1) is 0 Å². The van der Waals surface area contributed by atoms with E-state index >= 15 is 0 Å². The van der Waals surface area contributed by atoms with Gasteiger partial charge in [-0.05, 0) is 38.7 Å². The Morgan fingerprint density at radius 1 is 1.07 bits per heavy atom. The number of aliphatic hydroxyl groups is 1. The van der Waals surface area contributed by atoms with E-state index in [1.54, 1.807) is 11.1 Å². The van der Waals surface area contributed by atoms with E-state index in [0.717, 1.165) is 29.4 Å². The van der Waals surface area contributed by atoms with Crippen LogP contribution in [0.4, 0.5) is 0 Å². The Morgan fingerprint density at radius 2 is 1.77 bits per heavy atom. The van der Waals surface area contributed by atoms with Crippen LogP contribution in [-0.4, -0.2) is 58.8 Å². The monoisotopic (exact) mass is 403 g/mol. The van der Waals surface area contributed by atoms with Gasteiger partial charge < -0.3 is 19.9 Å². The highest BCUT2D eigenvalue weighted by Gasteiger charge is 2.45. The first kappa shape index (κ1) is 19.9. The fourth-order valence-corrected chi connectivity index (χ4v) is 4.06. The summed E-state index contributed by atoms with van der Waals surface area (Å²) in [6.07, 6.45) is 2.41. The summed E-state index contributed by atoms with van der Waals surface area (Å²) in [5.74, 6) is -1.35. The summed E-state index contributed by atoms with van der Waals surface area (Å²) in [5.41, 5.74) is 2.33. The predicted molar refractivity (Wildman–Crippen MR) is 117 cm³/mol. The molecule has 4 rings (SSSR count). The molecule has 0 aliphatic carbocycles. The number of aliphatic hydroxyl groups excluding tert-OH is 1. The first-order valence-corrected chi connectivity index (χ1v) is 10.0. The maximum Gasteiger partial charge on any atom is 0.295 e. The van der Waals surface area contributed by atoms with Gasteiger partial charge in [0.2, 0.25) is 0 Å². The quantitative estimate of drug-likeness (QED) is 0.375. The number of likely N-dealkylation sites (tertiary alicyclic amines) is 1. The minimum atomic E-state index is -0.642. The van der Waals surface area contributed by atoms with E-state index in [0.29, 0.717) is 12.1 Å². The number of nitrogens with zero attached hydrogens (tertiary/aromatic N) is 2. The molecule has 30 heavy (non-hydrogen) atoms. The first-order valence-electron chi connectivity index (χ1n) is 10.0. The summed E-state index contributed by atoms with van der Waals surface area (Å²) in [7, 11) is 3.94. The molecule has 1 amide bonds. The first-order chi connectivity index (χ1) is 14.5. The molecule has 0 spiro atoms. The van der Waals surface area contributed by atoms with Crippen molar-refractivity contribution in [2.24, 2.45) is 0 Å². The molecule has 2 N–H and O–H groups in total. The van der Waals surface area contributed by atoms with E-state index < -0.39 is 17.7 Å². The van der Waals surface area contributed by atoms with Crippen molar-refractivity contribution >= 4 is 28.4 Å². The number of amides is 1.